The summed E-state index contributed by atoms with van der Waals surface area (Å²) in [5.41, 5.74) is 1.02. The van der Waals surface area contributed by atoms with Crippen LogP contribution in [0.15, 0.2) is 66.7 Å². The van der Waals surface area contributed by atoms with Gasteiger partial charge in [-0.15, -0.1) is 0 Å². The molecule has 0 aliphatic carbocycles. The van der Waals surface area contributed by atoms with Crippen molar-refractivity contribution < 1.29 is 19.1 Å². The number of hydrogen-bond acceptors (Lipinski definition) is 4. The van der Waals surface area contributed by atoms with Crippen LogP contribution in [0.3, 0.4) is 0 Å². The molecule has 0 aromatic heterocycles. The predicted octanol–water partition coefficient (Wildman–Crippen LogP) is 4.82. The van der Waals surface area contributed by atoms with Gasteiger partial charge in [0.1, 0.15) is 6.04 Å². The largest absolute Gasteiger partial charge is 0.454 e. The number of anilines is 1. The van der Waals surface area contributed by atoms with Crippen LogP contribution in [-0.4, -0.2) is 30.4 Å². The SMILES string of the molecule is CC(C)C[C@@H](NC(=O)c1ccc(Cl)cc1)C(=O)OCC(=O)Nc1cccc2ccccc12. The van der Waals surface area contributed by atoms with Gasteiger partial charge in [-0.1, -0.05) is 61.8 Å². The van der Waals surface area contributed by atoms with E-state index in [1.165, 1.54) is 0 Å². The van der Waals surface area contributed by atoms with Crippen molar-refractivity contribution in [2.45, 2.75) is 26.3 Å². The van der Waals surface area contributed by atoms with E-state index >= 15 is 0 Å². The Kier molecular flexibility index (Phi) is 7.84. The zero-order valence-corrected chi connectivity index (χ0v) is 18.7. The van der Waals surface area contributed by atoms with Crippen LogP contribution < -0.4 is 10.6 Å². The van der Waals surface area contributed by atoms with Crippen LogP contribution in [-0.2, 0) is 14.3 Å². The van der Waals surface area contributed by atoms with Gasteiger partial charge in [-0.25, -0.2) is 4.79 Å². The van der Waals surface area contributed by atoms with E-state index in [1.807, 2.05) is 50.2 Å². The number of amides is 2. The molecule has 0 saturated carbocycles. The molecule has 0 fully saturated rings. The first-order valence-corrected chi connectivity index (χ1v) is 10.7. The summed E-state index contributed by atoms with van der Waals surface area (Å²) in [5, 5.41) is 7.86. The summed E-state index contributed by atoms with van der Waals surface area (Å²) in [6, 6.07) is 18.7. The Morgan fingerprint density at radius 1 is 0.938 bits per heavy atom. The number of carbonyl (C=O) groups excluding carboxylic acids is 3. The summed E-state index contributed by atoms with van der Waals surface area (Å²) >= 11 is 5.86. The minimum atomic E-state index is -0.872. The molecule has 0 unspecified atom stereocenters. The minimum absolute atomic E-state index is 0.127. The lowest BCUT2D eigenvalue weighted by Gasteiger charge is -2.19. The van der Waals surface area contributed by atoms with Crippen LogP contribution in [0.25, 0.3) is 10.8 Å². The molecule has 6 nitrogen and oxygen atoms in total. The molecule has 32 heavy (non-hydrogen) atoms. The third-order valence-electron chi connectivity index (χ3n) is 4.81. The summed E-state index contributed by atoms with van der Waals surface area (Å²) in [7, 11) is 0. The van der Waals surface area contributed by atoms with Crippen LogP contribution in [0, 0.1) is 5.92 Å². The third kappa shape index (κ3) is 6.31. The Labute approximate surface area is 191 Å². The lowest BCUT2D eigenvalue weighted by atomic mass is 10.0. The smallest absolute Gasteiger partial charge is 0.329 e. The molecule has 7 heteroatoms. The molecular formula is C25H25ClN2O4. The molecule has 3 rings (SSSR count). The highest BCUT2D eigenvalue weighted by Crippen LogP contribution is 2.22. The van der Waals surface area contributed by atoms with E-state index in [1.54, 1.807) is 30.3 Å². The van der Waals surface area contributed by atoms with E-state index in [9.17, 15) is 14.4 Å². The van der Waals surface area contributed by atoms with Crippen LogP contribution in [0.4, 0.5) is 5.69 Å². The zero-order valence-electron chi connectivity index (χ0n) is 17.9. The highest BCUT2D eigenvalue weighted by Gasteiger charge is 2.25. The molecular weight excluding hydrogens is 428 g/mol. The zero-order chi connectivity index (χ0) is 23.1. The van der Waals surface area contributed by atoms with Gasteiger partial charge < -0.3 is 15.4 Å². The second-order valence-corrected chi connectivity index (χ2v) is 8.28. The number of carbonyl (C=O) groups is 3. The van der Waals surface area contributed by atoms with Crippen molar-refractivity contribution in [3.05, 3.63) is 77.3 Å². The quantitative estimate of drug-likeness (QED) is 0.480. The summed E-state index contributed by atoms with van der Waals surface area (Å²) in [6.45, 7) is 3.41. The lowest BCUT2D eigenvalue weighted by molar-refractivity contribution is -0.149. The van der Waals surface area contributed by atoms with Crippen molar-refractivity contribution in [3.63, 3.8) is 0 Å². The van der Waals surface area contributed by atoms with Gasteiger partial charge in [0.25, 0.3) is 11.8 Å². The van der Waals surface area contributed by atoms with Crippen molar-refractivity contribution in [2.75, 3.05) is 11.9 Å². The maximum atomic E-state index is 12.6. The van der Waals surface area contributed by atoms with Gasteiger partial charge in [0.05, 0.1) is 0 Å². The average Bonchev–Trinajstić information content (AvgIpc) is 2.77. The molecule has 2 amide bonds. The van der Waals surface area contributed by atoms with Crippen molar-refractivity contribution in [1.29, 1.82) is 0 Å². The van der Waals surface area contributed by atoms with Crippen molar-refractivity contribution in [3.8, 4) is 0 Å². The first-order chi connectivity index (χ1) is 15.3. The van der Waals surface area contributed by atoms with E-state index in [-0.39, 0.29) is 5.92 Å². The fourth-order valence-electron chi connectivity index (χ4n) is 3.29. The minimum Gasteiger partial charge on any atom is -0.454 e. The van der Waals surface area contributed by atoms with Crippen molar-refractivity contribution >= 4 is 45.8 Å². The highest BCUT2D eigenvalue weighted by atomic mass is 35.5. The Bertz CT molecular complexity index is 1110. The number of ether oxygens (including phenoxy) is 1. The van der Waals surface area contributed by atoms with Gasteiger partial charge >= 0.3 is 5.97 Å². The molecule has 0 radical (unpaired) electrons. The molecule has 166 valence electrons. The summed E-state index contributed by atoms with van der Waals surface area (Å²) in [5.74, 6) is -1.40. The number of nitrogens with one attached hydrogen (secondary N) is 2. The normalized spacial score (nSPS) is 11.8. The second kappa shape index (κ2) is 10.8. The van der Waals surface area contributed by atoms with Crippen LogP contribution in [0.5, 0.6) is 0 Å². The first kappa shape index (κ1) is 23.3. The van der Waals surface area contributed by atoms with E-state index < -0.39 is 30.4 Å². The maximum absolute atomic E-state index is 12.6. The molecule has 0 saturated heterocycles. The second-order valence-electron chi connectivity index (χ2n) is 7.85. The lowest BCUT2D eigenvalue weighted by Crippen LogP contribution is -2.43. The molecule has 2 N–H and O–H groups in total. The molecule has 3 aromatic carbocycles. The van der Waals surface area contributed by atoms with E-state index in [2.05, 4.69) is 10.6 Å². The van der Waals surface area contributed by atoms with Gasteiger partial charge in [0.2, 0.25) is 0 Å². The number of rotatable bonds is 8. The Hall–Kier alpha value is -3.38. The average molecular weight is 453 g/mol. The predicted molar refractivity (Wildman–Crippen MR) is 126 cm³/mol. The standard InChI is InChI=1S/C25H25ClN2O4/c1-16(2)14-22(28-24(30)18-10-12-19(26)13-11-18)25(31)32-15-23(29)27-21-9-5-7-17-6-3-4-8-20(17)21/h3-13,16,22H,14-15H2,1-2H3,(H,27,29)(H,28,30)/t22-/m1/s1. The van der Waals surface area contributed by atoms with Gasteiger partial charge in [-0.2, -0.15) is 0 Å². The van der Waals surface area contributed by atoms with Gasteiger partial charge in [0.15, 0.2) is 6.61 Å². The number of esters is 1. The fraction of sp³-hybridized carbons (Fsp3) is 0.240. The number of benzene rings is 3. The molecule has 0 heterocycles. The van der Waals surface area contributed by atoms with Crippen LogP contribution in [0.2, 0.25) is 5.02 Å². The van der Waals surface area contributed by atoms with Crippen molar-refractivity contribution in [1.82, 2.24) is 5.32 Å². The van der Waals surface area contributed by atoms with Crippen molar-refractivity contribution in [2.24, 2.45) is 5.92 Å². The molecule has 0 aliphatic heterocycles. The topological polar surface area (TPSA) is 84.5 Å². The van der Waals surface area contributed by atoms with E-state index in [0.717, 1.165) is 10.8 Å². The number of halogens is 1. The monoisotopic (exact) mass is 452 g/mol. The summed E-state index contributed by atoms with van der Waals surface area (Å²) < 4.78 is 5.22. The summed E-state index contributed by atoms with van der Waals surface area (Å²) in [6.07, 6.45) is 0.378. The fourth-order valence-corrected chi connectivity index (χ4v) is 3.41. The number of hydrogen-bond donors (Lipinski definition) is 2. The molecule has 0 spiro atoms. The highest BCUT2D eigenvalue weighted by molar-refractivity contribution is 6.30. The maximum Gasteiger partial charge on any atom is 0.329 e. The summed E-state index contributed by atoms with van der Waals surface area (Å²) in [4.78, 5) is 37.5. The van der Waals surface area contributed by atoms with E-state index in [0.29, 0.717) is 22.7 Å². The van der Waals surface area contributed by atoms with Crippen LogP contribution in [0.1, 0.15) is 30.6 Å². The van der Waals surface area contributed by atoms with Gasteiger partial charge in [0, 0.05) is 21.7 Å². The first-order valence-electron chi connectivity index (χ1n) is 10.3. The van der Waals surface area contributed by atoms with Gasteiger partial charge in [-0.05, 0) is 48.1 Å². The molecule has 0 aliphatic rings. The molecule has 0 bridgehead atoms. The Balaban J connectivity index is 1.61. The Morgan fingerprint density at radius 3 is 2.34 bits per heavy atom. The van der Waals surface area contributed by atoms with E-state index in [4.69, 9.17) is 16.3 Å². The Morgan fingerprint density at radius 2 is 1.62 bits per heavy atom. The third-order valence-corrected chi connectivity index (χ3v) is 5.06. The van der Waals surface area contributed by atoms with Crippen LogP contribution >= 0.6 is 11.6 Å². The number of fused-ring (bicyclic) bond motifs is 1. The molecule has 1 atom stereocenters. The molecule has 3 aromatic rings. The van der Waals surface area contributed by atoms with Gasteiger partial charge in [-0.3, -0.25) is 9.59 Å².